The second-order valence-corrected chi connectivity index (χ2v) is 4.44. The van der Waals surface area contributed by atoms with Crippen molar-refractivity contribution in [1.82, 2.24) is 0 Å². The van der Waals surface area contributed by atoms with E-state index in [0.717, 1.165) is 18.4 Å². The lowest BCUT2D eigenvalue weighted by molar-refractivity contribution is 0.290. The molecule has 2 N–H and O–H groups in total. The first-order valence-electron chi connectivity index (χ1n) is 5.90. The molecule has 96 valence electrons. The molecule has 0 heterocycles. The van der Waals surface area contributed by atoms with E-state index in [1.54, 1.807) is 0 Å². The third kappa shape index (κ3) is 4.92. The van der Waals surface area contributed by atoms with Gasteiger partial charge in [0, 0.05) is 12.5 Å². The second-order valence-electron chi connectivity index (χ2n) is 4.03. The minimum atomic E-state index is -0.374. The molecule has 0 amide bonds. The number of rotatable bonds is 7. The van der Waals surface area contributed by atoms with Crippen LogP contribution >= 0.6 is 11.6 Å². The van der Waals surface area contributed by atoms with E-state index in [9.17, 15) is 4.39 Å². The maximum atomic E-state index is 11.9. The van der Waals surface area contributed by atoms with Gasteiger partial charge in [-0.05, 0) is 30.5 Å². The van der Waals surface area contributed by atoms with Gasteiger partial charge in [0.05, 0.1) is 18.3 Å². The molecule has 1 aromatic carbocycles. The summed E-state index contributed by atoms with van der Waals surface area (Å²) in [5, 5.41) is 0.560. The van der Waals surface area contributed by atoms with Gasteiger partial charge in [-0.3, -0.25) is 4.39 Å². The lowest BCUT2D eigenvalue weighted by Crippen LogP contribution is -2.21. The summed E-state index contributed by atoms with van der Waals surface area (Å²) in [4.78, 5) is 0. The predicted molar refractivity (Wildman–Crippen MR) is 69.5 cm³/mol. The molecule has 1 rings (SSSR count). The fourth-order valence-corrected chi connectivity index (χ4v) is 1.73. The Morgan fingerprint density at radius 2 is 2.24 bits per heavy atom. The van der Waals surface area contributed by atoms with Gasteiger partial charge in [-0.1, -0.05) is 24.6 Å². The monoisotopic (exact) mass is 259 g/mol. The smallest absolute Gasteiger partial charge is 0.137 e. The fraction of sp³-hybridized carbons (Fsp3) is 0.538. The molecular weight excluding hydrogens is 241 g/mol. The summed E-state index contributed by atoms with van der Waals surface area (Å²) >= 11 is 6.08. The average molecular weight is 260 g/mol. The van der Waals surface area contributed by atoms with Gasteiger partial charge in [-0.15, -0.1) is 0 Å². The Morgan fingerprint density at radius 3 is 2.82 bits per heavy atom. The molecule has 0 fully saturated rings. The SMILES string of the molecule is CCC(N)Cc1ccc(OCCCF)c(Cl)c1. The zero-order valence-corrected chi connectivity index (χ0v) is 10.8. The van der Waals surface area contributed by atoms with E-state index in [-0.39, 0.29) is 12.7 Å². The van der Waals surface area contributed by atoms with E-state index in [2.05, 4.69) is 6.92 Å². The molecule has 0 aliphatic rings. The molecule has 1 unspecified atom stereocenters. The second kappa shape index (κ2) is 7.51. The molecule has 0 saturated carbocycles. The standard InChI is InChI=1S/C13H19ClFNO/c1-2-11(16)8-10-4-5-13(12(14)9-10)17-7-3-6-15/h4-5,9,11H,2-3,6-8,16H2,1H3. The Bertz CT molecular complexity index is 346. The van der Waals surface area contributed by atoms with Crippen LogP contribution in [0.15, 0.2) is 18.2 Å². The third-order valence-electron chi connectivity index (χ3n) is 2.55. The topological polar surface area (TPSA) is 35.2 Å². The summed E-state index contributed by atoms with van der Waals surface area (Å²) in [7, 11) is 0. The lowest BCUT2D eigenvalue weighted by atomic mass is 10.0. The van der Waals surface area contributed by atoms with Crippen LogP contribution in [0.1, 0.15) is 25.3 Å². The van der Waals surface area contributed by atoms with Gasteiger partial charge in [0.1, 0.15) is 5.75 Å². The van der Waals surface area contributed by atoms with Crippen LogP contribution in [0.2, 0.25) is 5.02 Å². The molecule has 0 aromatic heterocycles. The first kappa shape index (κ1) is 14.3. The van der Waals surface area contributed by atoms with Crippen molar-refractivity contribution in [2.45, 2.75) is 32.2 Å². The predicted octanol–water partition coefficient (Wildman–Crippen LogP) is 3.36. The third-order valence-corrected chi connectivity index (χ3v) is 2.85. The van der Waals surface area contributed by atoms with Crippen molar-refractivity contribution in [3.8, 4) is 5.75 Å². The molecule has 0 bridgehead atoms. The summed E-state index contributed by atoms with van der Waals surface area (Å²) in [5.41, 5.74) is 6.97. The van der Waals surface area contributed by atoms with Crippen LogP contribution in [0.5, 0.6) is 5.75 Å². The summed E-state index contributed by atoms with van der Waals surface area (Å²) in [5.74, 6) is 0.605. The minimum Gasteiger partial charge on any atom is -0.492 e. The van der Waals surface area contributed by atoms with Crippen molar-refractivity contribution in [2.24, 2.45) is 5.73 Å². The number of alkyl halides is 1. The van der Waals surface area contributed by atoms with Crippen molar-refractivity contribution >= 4 is 11.6 Å². The Hall–Kier alpha value is -0.800. The molecule has 0 radical (unpaired) electrons. The Labute approximate surface area is 107 Å². The van der Waals surface area contributed by atoms with Crippen LogP contribution in [-0.4, -0.2) is 19.3 Å². The van der Waals surface area contributed by atoms with Gasteiger partial charge < -0.3 is 10.5 Å². The van der Waals surface area contributed by atoms with E-state index < -0.39 is 0 Å². The first-order valence-corrected chi connectivity index (χ1v) is 6.28. The molecule has 4 heteroatoms. The largest absolute Gasteiger partial charge is 0.492 e. The van der Waals surface area contributed by atoms with Crippen LogP contribution < -0.4 is 10.5 Å². The van der Waals surface area contributed by atoms with Crippen LogP contribution in [0.25, 0.3) is 0 Å². The lowest BCUT2D eigenvalue weighted by Gasteiger charge is -2.11. The molecule has 1 atom stereocenters. The van der Waals surface area contributed by atoms with Crippen LogP contribution in [0.3, 0.4) is 0 Å². The molecule has 1 aromatic rings. The Balaban J connectivity index is 2.59. The van der Waals surface area contributed by atoms with Gasteiger partial charge in [-0.25, -0.2) is 0 Å². The molecule has 0 aliphatic heterocycles. The first-order chi connectivity index (χ1) is 8.17. The van der Waals surface area contributed by atoms with E-state index >= 15 is 0 Å². The van der Waals surface area contributed by atoms with Crippen molar-refractivity contribution in [1.29, 1.82) is 0 Å². The number of hydrogen-bond donors (Lipinski definition) is 1. The van der Waals surface area contributed by atoms with Crippen molar-refractivity contribution in [3.63, 3.8) is 0 Å². The van der Waals surface area contributed by atoms with Crippen molar-refractivity contribution in [3.05, 3.63) is 28.8 Å². The maximum Gasteiger partial charge on any atom is 0.137 e. The quantitative estimate of drug-likeness (QED) is 0.762. The van der Waals surface area contributed by atoms with E-state index in [4.69, 9.17) is 22.1 Å². The zero-order valence-electron chi connectivity index (χ0n) is 10.1. The van der Waals surface area contributed by atoms with Crippen molar-refractivity contribution in [2.75, 3.05) is 13.3 Å². The number of ether oxygens (including phenoxy) is 1. The Morgan fingerprint density at radius 1 is 1.47 bits per heavy atom. The number of halogens is 2. The number of nitrogens with two attached hydrogens (primary N) is 1. The highest BCUT2D eigenvalue weighted by Gasteiger charge is 2.06. The van der Waals surface area contributed by atoms with E-state index in [0.29, 0.717) is 23.8 Å². The van der Waals surface area contributed by atoms with Crippen molar-refractivity contribution < 1.29 is 9.13 Å². The van der Waals surface area contributed by atoms with Gasteiger partial charge in [0.15, 0.2) is 0 Å². The summed E-state index contributed by atoms with van der Waals surface area (Å²) in [6.07, 6.45) is 2.13. The molecule has 0 saturated heterocycles. The van der Waals surface area contributed by atoms with E-state index in [1.165, 1.54) is 0 Å². The fourth-order valence-electron chi connectivity index (χ4n) is 1.47. The van der Waals surface area contributed by atoms with Gasteiger partial charge in [-0.2, -0.15) is 0 Å². The number of hydrogen-bond acceptors (Lipinski definition) is 2. The Kier molecular flexibility index (Phi) is 6.30. The van der Waals surface area contributed by atoms with Crippen LogP contribution in [-0.2, 0) is 6.42 Å². The van der Waals surface area contributed by atoms with Crippen LogP contribution in [0.4, 0.5) is 4.39 Å². The summed E-state index contributed by atoms with van der Waals surface area (Å²) in [6.45, 7) is 2.03. The summed E-state index contributed by atoms with van der Waals surface area (Å²) < 4.78 is 17.3. The van der Waals surface area contributed by atoms with Gasteiger partial charge in [0.2, 0.25) is 0 Å². The minimum absolute atomic E-state index is 0.157. The molecule has 2 nitrogen and oxygen atoms in total. The van der Waals surface area contributed by atoms with E-state index in [1.807, 2.05) is 18.2 Å². The molecule has 0 spiro atoms. The zero-order chi connectivity index (χ0) is 12.7. The highest BCUT2D eigenvalue weighted by molar-refractivity contribution is 6.32. The molecular formula is C13H19ClFNO. The maximum absolute atomic E-state index is 11.9. The molecule has 17 heavy (non-hydrogen) atoms. The number of benzene rings is 1. The highest BCUT2D eigenvalue weighted by Crippen LogP contribution is 2.26. The van der Waals surface area contributed by atoms with Gasteiger partial charge in [0.25, 0.3) is 0 Å². The van der Waals surface area contributed by atoms with Gasteiger partial charge >= 0.3 is 0 Å². The average Bonchev–Trinajstić information content (AvgIpc) is 2.32. The summed E-state index contributed by atoms with van der Waals surface area (Å²) in [6, 6.07) is 5.79. The molecule has 0 aliphatic carbocycles. The highest BCUT2D eigenvalue weighted by atomic mass is 35.5. The normalized spacial score (nSPS) is 12.5. The van der Waals surface area contributed by atoms with Crippen LogP contribution in [0, 0.1) is 0 Å².